The van der Waals surface area contributed by atoms with Crippen LogP contribution in [0.4, 0.5) is 0 Å². The third kappa shape index (κ3) is 3.51. The van der Waals surface area contributed by atoms with Gasteiger partial charge in [0.05, 0.1) is 13.1 Å². The summed E-state index contributed by atoms with van der Waals surface area (Å²) >= 11 is 0. The van der Waals surface area contributed by atoms with Crippen molar-refractivity contribution >= 4 is 11.8 Å². The van der Waals surface area contributed by atoms with Crippen LogP contribution in [0.1, 0.15) is 46.0 Å². The number of nitrogens with two attached hydrogens (primary N) is 1. The maximum Gasteiger partial charge on any atom is 0.278 e. The van der Waals surface area contributed by atoms with Crippen LogP contribution in [0.3, 0.4) is 0 Å². The van der Waals surface area contributed by atoms with E-state index in [1.165, 1.54) is 11.3 Å². The molecular formula is C15H28N3O2+. The number of hydrogen-bond donors (Lipinski definition) is 2. The van der Waals surface area contributed by atoms with E-state index in [4.69, 9.17) is 5.73 Å². The van der Waals surface area contributed by atoms with Gasteiger partial charge in [-0.15, -0.1) is 0 Å². The van der Waals surface area contributed by atoms with E-state index in [9.17, 15) is 9.59 Å². The minimum Gasteiger partial charge on any atom is -0.369 e. The molecule has 0 aromatic heterocycles. The fourth-order valence-corrected chi connectivity index (χ4v) is 3.71. The molecule has 0 aromatic rings. The number of quaternary nitrogens is 1. The van der Waals surface area contributed by atoms with Gasteiger partial charge in [0.25, 0.3) is 5.91 Å². The minimum absolute atomic E-state index is 0.0154. The lowest BCUT2D eigenvalue weighted by molar-refractivity contribution is -0.898. The van der Waals surface area contributed by atoms with E-state index < -0.39 is 0 Å². The Hall–Kier alpha value is -1.10. The Balaban J connectivity index is 1.84. The molecule has 2 atom stereocenters. The van der Waals surface area contributed by atoms with Gasteiger partial charge in [-0.3, -0.25) is 9.59 Å². The number of primary amides is 1. The standard InChI is InChI=1S/C15H27N3O2/c1-11-4-3-5-12(2)18(11)14(19)10-17-8-6-13(7-9-17)15(16)20/h11-13H,3-10H2,1-2H3,(H2,16,20)/p+1/t11-,12-/m1/s1. The van der Waals surface area contributed by atoms with Crippen molar-refractivity contribution < 1.29 is 14.5 Å². The van der Waals surface area contributed by atoms with Crippen molar-refractivity contribution in [1.29, 1.82) is 0 Å². The number of carbonyl (C=O) groups is 2. The number of hydrogen-bond acceptors (Lipinski definition) is 2. The van der Waals surface area contributed by atoms with Gasteiger partial charge in [0.1, 0.15) is 0 Å². The highest BCUT2D eigenvalue weighted by Gasteiger charge is 2.33. The van der Waals surface area contributed by atoms with Crippen molar-refractivity contribution in [1.82, 2.24) is 4.90 Å². The molecule has 2 saturated heterocycles. The summed E-state index contributed by atoms with van der Waals surface area (Å²) in [5, 5.41) is 0. The molecule has 0 spiro atoms. The lowest BCUT2D eigenvalue weighted by atomic mass is 9.95. The molecule has 5 nitrogen and oxygen atoms in total. The first kappa shape index (κ1) is 15.3. The molecule has 0 aromatic carbocycles. The lowest BCUT2D eigenvalue weighted by Crippen LogP contribution is -3.14. The quantitative estimate of drug-likeness (QED) is 0.737. The topological polar surface area (TPSA) is 67.8 Å². The smallest absolute Gasteiger partial charge is 0.278 e. The van der Waals surface area contributed by atoms with E-state index in [0.717, 1.165) is 38.8 Å². The lowest BCUT2D eigenvalue weighted by Gasteiger charge is -2.39. The maximum absolute atomic E-state index is 12.5. The van der Waals surface area contributed by atoms with Crippen molar-refractivity contribution in [3.63, 3.8) is 0 Å². The first-order valence-corrected chi connectivity index (χ1v) is 7.93. The maximum atomic E-state index is 12.5. The number of rotatable bonds is 3. The average molecular weight is 282 g/mol. The minimum atomic E-state index is -0.186. The molecule has 2 amide bonds. The Morgan fingerprint density at radius 1 is 1.10 bits per heavy atom. The SMILES string of the molecule is C[C@@H]1CCC[C@@H](C)N1C(=O)C[NH+]1CCC(C(N)=O)CC1. The van der Waals surface area contributed by atoms with E-state index in [1.54, 1.807) is 0 Å². The third-order valence-electron chi connectivity index (χ3n) is 4.98. The van der Waals surface area contributed by atoms with E-state index in [-0.39, 0.29) is 17.7 Å². The van der Waals surface area contributed by atoms with Crippen LogP contribution in [0.5, 0.6) is 0 Å². The van der Waals surface area contributed by atoms with Gasteiger partial charge in [0, 0.05) is 30.8 Å². The van der Waals surface area contributed by atoms with Gasteiger partial charge in [-0.25, -0.2) is 0 Å². The van der Waals surface area contributed by atoms with Crippen LogP contribution < -0.4 is 10.6 Å². The predicted molar refractivity (Wildman–Crippen MR) is 77.1 cm³/mol. The molecule has 2 rings (SSSR count). The molecule has 20 heavy (non-hydrogen) atoms. The molecule has 0 saturated carbocycles. The molecule has 0 radical (unpaired) electrons. The molecule has 2 aliphatic heterocycles. The number of likely N-dealkylation sites (tertiary alicyclic amines) is 2. The van der Waals surface area contributed by atoms with Crippen LogP contribution in [0.25, 0.3) is 0 Å². The molecule has 114 valence electrons. The Morgan fingerprint density at radius 2 is 1.65 bits per heavy atom. The van der Waals surface area contributed by atoms with Crippen molar-refractivity contribution in [2.24, 2.45) is 11.7 Å². The van der Waals surface area contributed by atoms with Crippen molar-refractivity contribution in [3.05, 3.63) is 0 Å². The van der Waals surface area contributed by atoms with Crippen LogP contribution in [-0.4, -0.2) is 48.4 Å². The summed E-state index contributed by atoms with van der Waals surface area (Å²) in [5.41, 5.74) is 5.34. The zero-order valence-corrected chi connectivity index (χ0v) is 12.7. The zero-order valence-electron chi connectivity index (χ0n) is 12.7. The second kappa shape index (κ2) is 6.57. The van der Waals surface area contributed by atoms with Crippen LogP contribution in [0.15, 0.2) is 0 Å². The molecule has 0 aliphatic carbocycles. The number of piperidine rings is 2. The Labute approximate surface area is 121 Å². The normalized spacial score (nSPS) is 34.8. The highest BCUT2D eigenvalue weighted by atomic mass is 16.2. The van der Waals surface area contributed by atoms with Gasteiger partial charge in [0.2, 0.25) is 5.91 Å². The molecule has 0 unspecified atom stereocenters. The molecule has 2 heterocycles. The Morgan fingerprint density at radius 3 is 2.15 bits per heavy atom. The van der Waals surface area contributed by atoms with Crippen LogP contribution >= 0.6 is 0 Å². The molecule has 0 bridgehead atoms. The van der Waals surface area contributed by atoms with Crippen LogP contribution in [-0.2, 0) is 9.59 Å². The second-order valence-corrected chi connectivity index (χ2v) is 6.53. The molecular weight excluding hydrogens is 254 g/mol. The number of amides is 2. The van der Waals surface area contributed by atoms with Gasteiger partial charge in [-0.05, 0) is 33.1 Å². The number of nitrogens with one attached hydrogen (secondary N) is 1. The van der Waals surface area contributed by atoms with Crippen LogP contribution in [0, 0.1) is 5.92 Å². The zero-order chi connectivity index (χ0) is 14.7. The summed E-state index contributed by atoms with van der Waals surface area (Å²) in [7, 11) is 0. The first-order chi connectivity index (χ1) is 9.49. The van der Waals surface area contributed by atoms with Gasteiger partial charge in [-0.1, -0.05) is 0 Å². The number of nitrogens with zero attached hydrogens (tertiary/aromatic N) is 1. The Kier molecular flexibility index (Phi) is 5.02. The largest absolute Gasteiger partial charge is 0.369 e. The number of carbonyl (C=O) groups excluding carboxylic acids is 2. The van der Waals surface area contributed by atoms with Crippen LogP contribution in [0.2, 0.25) is 0 Å². The Bertz CT molecular complexity index is 354. The molecule has 5 heteroatoms. The predicted octanol–water partition coefficient (Wildman–Crippen LogP) is -0.444. The molecule has 2 fully saturated rings. The first-order valence-electron chi connectivity index (χ1n) is 7.93. The fourth-order valence-electron chi connectivity index (χ4n) is 3.71. The van der Waals surface area contributed by atoms with E-state index in [0.29, 0.717) is 18.6 Å². The van der Waals surface area contributed by atoms with E-state index in [1.807, 2.05) is 0 Å². The summed E-state index contributed by atoms with van der Waals surface area (Å²) in [5.74, 6) is 0.104. The fraction of sp³-hybridized carbons (Fsp3) is 0.867. The van der Waals surface area contributed by atoms with Crippen molar-refractivity contribution in [2.75, 3.05) is 19.6 Å². The monoisotopic (exact) mass is 282 g/mol. The molecule has 2 aliphatic rings. The summed E-state index contributed by atoms with van der Waals surface area (Å²) in [6.07, 6.45) is 5.11. The van der Waals surface area contributed by atoms with Gasteiger partial charge >= 0.3 is 0 Å². The third-order valence-corrected chi connectivity index (χ3v) is 4.98. The summed E-state index contributed by atoms with van der Waals surface area (Å²) in [6, 6.07) is 0.739. The molecule has 3 N–H and O–H groups in total. The van der Waals surface area contributed by atoms with Gasteiger partial charge in [-0.2, -0.15) is 0 Å². The average Bonchev–Trinajstić information content (AvgIpc) is 2.39. The van der Waals surface area contributed by atoms with Gasteiger partial charge < -0.3 is 15.5 Å². The highest BCUT2D eigenvalue weighted by Crippen LogP contribution is 2.22. The van der Waals surface area contributed by atoms with Crippen molar-refractivity contribution in [3.8, 4) is 0 Å². The van der Waals surface area contributed by atoms with E-state index >= 15 is 0 Å². The van der Waals surface area contributed by atoms with E-state index in [2.05, 4.69) is 18.7 Å². The van der Waals surface area contributed by atoms with Crippen molar-refractivity contribution in [2.45, 2.75) is 58.0 Å². The summed E-state index contributed by atoms with van der Waals surface area (Å²) in [4.78, 5) is 27.1. The van der Waals surface area contributed by atoms with Gasteiger partial charge in [0.15, 0.2) is 6.54 Å². The summed E-state index contributed by atoms with van der Waals surface area (Å²) in [6.45, 7) is 6.65. The second-order valence-electron chi connectivity index (χ2n) is 6.53. The highest BCUT2D eigenvalue weighted by molar-refractivity contribution is 5.78. The summed E-state index contributed by atoms with van der Waals surface area (Å²) < 4.78 is 0.